The fourth-order valence-corrected chi connectivity index (χ4v) is 7.20. The smallest absolute Gasteiger partial charge is 0.0667 e. The first-order valence-corrected chi connectivity index (χ1v) is 17.8. The van der Waals surface area contributed by atoms with Gasteiger partial charge in [0.1, 0.15) is 0 Å². The number of hydrogen-bond donors (Lipinski definition) is 1. The molecule has 11 rings (SSSR count). The molecule has 0 radical (unpaired) electrons. The summed E-state index contributed by atoms with van der Waals surface area (Å²) in [5, 5.41) is 1.89. The highest BCUT2D eigenvalue weighted by atomic mass is 15.0. The van der Waals surface area contributed by atoms with Crippen molar-refractivity contribution < 1.29 is 28.8 Å². The molecule has 0 saturated carbocycles. The van der Waals surface area contributed by atoms with Gasteiger partial charge < -0.3 is 14.5 Å². The van der Waals surface area contributed by atoms with Crippen molar-refractivity contribution in [1.29, 1.82) is 0 Å². The van der Waals surface area contributed by atoms with E-state index >= 15 is 0 Å². The predicted molar refractivity (Wildman–Crippen MR) is 241 cm³/mol. The maximum absolute atomic E-state index is 10.2. The van der Waals surface area contributed by atoms with Crippen molar-refractivity contribution in [3.63, 3.8) is 0 Å². The standard InChI is InChI=1S/C54H37N3/c1-4-16-37(17-5-1)39-20-14-21-41(34-39)55-54-44(38-18-6-2-7-19-38)26-15-27-45(54)40-30-33-52-49(35-40)47-25-11-13-29-51(47)57(52)43-31-32-48-46-24-10-12-28-50(46)56(53(48)36-43)42-22-8-3-9-23-42/h1-36,55H/i2D,6D,7D,10D,11D,12D,13D,15D,18D,24D,25D,26D,27D,28D,29D,30D,31D,32D,33D,35D,36D. The Labute approximate surface area is 360 Å². The zero-order valence-corrected chi connectivity index (χ0v) is 29.6. The van der Waals surface area contributed by atoms with E-state index in [2.05, 4.69) is 5.32 Å². The summed E-state index contributed by atoms with van der Waals surface area (Å²) in [4.78, 5) is 0. The van der Waals surface area contributed by atoms with Gasteiger partial charge in [-0.15, -0.1) is 0 Å². The molecule has 268 valence electrons. The van der Waals surface area contributed by atoms with Crippen LogP contribution in [0, 0.1) is 0 Å². The van der Waals surface area contributed by atoms with Gasteiger partial charge in [-0.25, -0.2) is 0 Å². The third-order valence-electron chi connectivity index (χ3n) is 9.72. The van der Waals surface area contributed by atoms with Gasteiger partial charge in [0.15, 0.2) is 0 Å². The second-order valence-corrected chi connectivity index (χ2v) is 13.0. The summed E-state index contributed by atoms with van der Waals surface area (Å²) in [7, 11) is 0. The van der Waals surface area contributed by atoms with Gasteiger partial charge >= 0.3 is 0 Å². The van der Waals surface area contributed by atoms with E-state index in [9.17, 15) is 15.1 Å². The Bertz CT molecular complexity index is 4480. The number of para-hydroxylation sites is 4. The normalized spacial score (nSPS) is 16.7. The van der Waals surface area contributed by atoms with Crippen LogP contribution in [0.4, 0.5) is 11.4 Å². The second kappa shape index (κ2) is 13.6. The number of hydrogen-bond acceptors (Lipinski definition) is 1. The van der Waals surface area contributed by atoms with E-state index in [1.807, 2.05) is 36.4 Å². The topological polar surface area (TPSA) is 21.9 Å². The van der Waals surface area contributed by atoms with E-state index in [1.54, 1.807) is 48.5 Å². The Kier molecular flexibility index (Phi) is 4.27. The Hall–Kier alpha value is -7.62. The summed E-state index contributed by atoms with van der Waals surface area (Å²) in [6, 6.07) is 10.4. The van der Waals surface area contributed by atoms with E-state index < -0.39 is 166 Å². The molecule has 1 N–H and O–H groups in total. The molecule has 3 heteroatoms. The summed E-state index contributed by atoms with van der Waals surface area (Å²) in [6.07, 6.45) is 0. The molecule has 0 aliphatic rings. The molecular formula is C54H37N3. The average molecular weight is 749 g/mol. The van der Waals surface area contributed by atoms with E-state index in [0.29, 0.717) is 5.56 Å². The van der Waals surface area contributed by atoms with Crippen LogP contribution in [0.1, 0.15) is 28.8 Å². The second-order valence-electron chi connectivity index (χ2n) is 13.0. The summed E-state index contributed by atoms with van der Waals surface area (Å²) in [6.45, 7) is 0. The molecule has 9 aromatic carbocycles. The molecule has 0 unspecified atom stereocenters. The molecular weight excluding hydrogens is 691 g/mol. The number of aromatic nitrogens is 2. The SMILES string of the molecule is [2H]c1cc(-c2c([2H])c([2H])c([2H])c(-c3c([2H])c([2H])c4c(c3[2H])c3c([2H])c([2H])c([2H])c([2H])c3n4-c3c([2H])c([2H])c4c5c([2H])c([2H])c([2H])c([2H])c5n(-c5ccccc5)c4c3[2H])c2Nc2cccc(-c3ccccc3)c2)c([2H])c([2H])c1[2H]. The maximum Gasteiger partial charge on any atom is 0.0667 e. The van der Waals surface area contributed by atoms with Crippen molar-refractivity contribution in [2.24, 2.45) is 0 Å². The Morgan fingerprint density at radius 3 is 1.82 bits per heavy atom. The fraction of sp³-hybridized carbons (Fsp3) is 0. The summed E-state index contributed by atoms with van der Waals surface area (Å²) in [5.74, 6) is 0. The number of nitrogens with zero attached hydrogens (tertiary/aromatic N) is 2. The van der Waals surface area contributed by atoms with E-state index in [0.717, 1.165) is 16.2 Å². The largest absolute Gasteiger partial charge is 0.354 e. The van der Waals surface area contributed by atoms with Gasteiger partial charge in [-0.1, -0.05) is 157 Å². The van der Waals surface area contributed by atoms with Gasteiger partial charge in [0.2, 0.25) is 0 Å². The summed E-state index contributed by atoms with van der Waals surface area (Å²) >= 11 is 0. The van der Waals surface area contributed by atoms with Crippen molar-refractivity contribution in [3.8, 4) is 44.8 Å². The van der Waals surface area contributed by atoms with E-state index in [1.165, 1.54) is 4.57 Å². The highest BCUT2D eigenvalue weighted by molar-refractivity contribution is 6.13. The van der Waals surface area contributed by atoms with Crippen LogP contribution in [0.5, 0.6) is 0 Å². The minimum Gasteiger partial charge on any atom is -0.354 e. The monoisotopic (exact) mass is 748 g/mol. The lowest BCUT2D eigenvalue weighted by Gasteiger charge is -2.18. The van der Waals surface area contributed by atoms with Gasteiger partial charge in [0, 0.05) is 49.7 Å². The first-order chi connectivity index (χ1) is 37.0. The third kappa shape index (κ3) is 5.60. The van der Waals surface area contributed by atoms with E-state index in [-0.39, 0.29) is 50.0 Å². The number of fused-ring (bicyclic) bond motifs is 6. The first-order valence-electron chi connectivity index (χ1n) is 28.3. The van der Waals surface area contributed by atoms with E-state index in [4.69, 9.17) is 13.7 Å². The molecule has 11 aromatic rings. The van der Waals surface area contributed by atoms with Gasteiger partial charge in [-0.05, 0) is 82.8 Å². The first kappa shape index (κ1) is 17.9. The highest BCUT2D eigenvalue weighted by Gasteiger charge is 2.19. The molecule has 0 bridgehead atoms. The lowest BCUT2D eigenvalue weighted by atomic mass is 9.94. The quantitative estimate of drug-likeness (QED) is 0.172. The molecule has 57 heavy (non-hydrogen) atoms. The number of anilines is 2. The molecule has 0 spiro atoms. The summed E-state index contributed by atoms with van der Waals surface area (Å²) in [5.41, 5.74) is -1.92. The van der Waals surface area contributed by atoms with Crippen molar-refractivity contribution in [2.45, 2.75) is 0 Å². The van der Waals surface area contributed by atoms with Gasteiger partial charge in [-0.2, -0.15) is 0 Å². The van der Waals surface area contributed by atoms with Crippen LogP contribution in [0.2, 0.25) is 0 Å². The Morgan fingerprint density at radius 1 is 0.368 bits per heavy atom. The van der Waals surface area contributed by atoms with Crippen molar-refractivity contribution in [1.82, 2.24) is 9.13 Å². The zero-order chi connectivity index (χ0) is 56.0. The molecule has 0 saturated heterocycles. The Morgan fingerprint density at radius 2 is 1.02 bits per heavy atom. The fourth-order valence-electron chi connectivity index (χ4n) is 7.20. The molecule has 2 heterocycles. The number of nitrogens with one attached hydrogen (secondary N) is 1. The summed E-state index contributed by atoms with van der Waals surface area (Å²) < 4.78 is 196. The van der Waals surface area contributed by atoms with Crippen LogP contribution >= 0.6 is 0 Å². The maximum atomic E-state index is 10.2. The van der Waals surface area contributed by atoms with Crippen molar-refractivity contribution in [2.75, 3.05) is 5.32 Å². The van der Waals surface area contributed by atoms with Crippen molar-refractivity contribution >= 4 is 55.0 Å². The minimum atomic E-state index is -0.855. The predicted octanol–water partition coefficient (Wildman–Crippen LogP) is 14.6. The molecule has 2 aromatic heterocycles. The number of benzene rings is 9. The zero-order valence-electron chi connectivity index (χ0n) is 50.6. The lowest BCUT2D eigenvalue weighted by Crippen LogP contribution is -1.98. The molecule has 0 aliphatic carbocycles. The van der Waals surface area contributed by atoms with Crippen LogP contribution in [-0.2, 0) is 0 Å². The van der Waals surface area contributed by atoms with Gasteiger partial charge in [0.05, 0.1) is 56.5 Å². The van der Waals surface area contributed by atoms with Crippen molar-refractivity contribution in [3.05, 3.63) is 218 Å². The average Bonchev–Trinajstić information content (AvgIpc) is 4.19. The van der Waals surface area contributed by atoms with Crippen LogP contribution in [0.25, 0.3) is 88.4 Å². The van der Waals surface area contributed by atoms with Crippen LogP contribution in [0.15, 0.2) is 218 Å². The molecule has 0 fully saturated rings. The van der Waals surface area contributed by atoms with Crippen LogP contribution in [0.3, 0.4) is 0 Å². The molecule has 0 aliphatic heterocycles. The lowest BCUT2D eigenvalue weighted by molar-refractivity contribution is 1.15. The van der Waals surface area contributed by atoms with Gasteiger partial charge in [0.25, 0.3) is 0 Å². The minimum absolute atomic E-state index is 0.141. The highest BCUT2D eigenvalue weighted by Crippen LogP contribution is 2.42. The van der Waals surface area contributed by atoms with Crippen LogP contribution < -0.4 is 5.32 Å². The van der Waals surface area contributed by atoms with Crippen LogP contribution in [-0.4, -0.2) is 9.13 Å². The molecule has 3 nitrogen and oxygen atoms in total. The van der Waals surface area contributed by atoms with Gasteiger partial charge in [-0.3, -0.25) is 0 Å². The molecule has 0 amide bonds. The molecule has 0 atom stereocenters. The third-order valence-corrected chi connectivity index (χ3v) is 9.72. The Balaban J connectivity index is 1.32. The number of rotatable bonds is 7.